The van der Waals surface area contributed by atoms with Crippen LogP contribution in [-0.4, -0.2) is 31.4 Å². The number of halogens is 2. The molecule has 0 atom stereocenters. The van der Waals surface area contributed by atoms with Crippen LogP contribution in [0.2, 0.25) is 0 Å². The highest BCUT2D eigenvalue weighted by molar-refractivity contribution is 7.99. The molecule has 0 radical (unpaired) electrons. The molecule has 25 heavy (non-hydrogen) atoms. The zero-order chi connectivity index (χ0) is 18.2. The minimum Gasteiger partial charge on any atom is -0.465 e. The van der Waals surface area contributed by atoms with Gasteiger partial charge < -0.3 is 15.4 Å². The van der Waals surface area contributed by atoms with Crippen molar-refractivity contribution in [1.82, 2.24) is 5.32 Å². The number of benzene rings is 2. The van der Waals surface area contributed by atoms with Crippen LogP contribution in [0.3, 0.4) is 0 Å². The van der Waals surface area contributed by atoms with Gasteiger partial charge in [0.15, 0.2) is 0 Å². The van der Waals surface area contributed by atoms with Gasteiger partial charge in [-0.3, -0.25) is 0 Å². The van der Waals surface area contributed by atoms with E-state index < -0.39 is 29.2 Å². The molecule has 2 aromatic rings. The minimum atomic E-state index is -1.06. The van der Waals surface area contributed by atoms with Crippen LogP contribution in [0, 0.1) is 11.6 Å². The molecule has 0 saturated heterocycles. The Morgan fingerprint density at radius 1 is 1.12 bits per heavy atom. The molecule has 0 heterocycles. The van der Waals surface area contributed by atoms with Gasteiger partial charge in [-0.25, -0.2) is 18.4 Å². The second-order valence-corrected chi connectivity index (χ2v) is 6.01. The fourth-order valence-electron chi connectivity index (χ4n) is 1.93. The molecule has 0 saturated carbocycles. The van der Waals surface area contributed by atoms with Crippen molar-refractivity contribution in [2.24, 2.45) is 0 Å². The Balaban J connectivity index is 1.88. The molecule has 5 nitrogen and oxygen atoms in total. The molecular formula is C17H16F2N2O3S. The van der Waals surface area contributed by atoms with Gasteiger partial charge in [0.1, 0.15) is 11.6 Å². The van der Waals surface area contributed by atoms with E-state index in [4.69, 9.17) is 0 Å². The zero-order valence-electron chi connectivity index (χ0n) is 13.3. The van der Waals surface area contributed by atoms with Crippen molar-refractivity contribution in [3.05, 3.63) is 59.7 Å². The SMILES string of the molecule is COC(=O)c1cc(NC(=O)NCCSc2ccccc2)c(F)cc1F. The smallest absolute Gasteiger partial charge is 0.340 e. The van der Waals surface area contributed by atoms with Gasteiger partial charge in [-0.1, -0.05) is 18.2 Å². The van der Waals surface area contributed by atoms with Crippen LogP contribution in [0.15, 0.2) is 47.4 Å². The fourth-order valence-corrected chi connectivity index (χ4v) is 2.72. The summed E-state index contributed by atoms with van der Waals surface area (Å²) < 4.78 is 31.7. The standard InChI is InChI=1S/C17H16F2N2O3S/c1-24-16(22)12-9-15(14(19)10-13(12)18)21-17(23)20-7-8-25-11-5-3-2-4-6-11/h2-6,9-10H,7-8H2,1H3,(H2,20,21,23). The fraction of sp³-hybridized carbons (Fsp3) is 0.176. The first kappa shape index (κ1) is 18.7. The van der Waals surface area contributed by atoms with Crippen molar-refractivity contribution in [3.63, 3.8) is 0 Å². The third-order valence-corrected chi connectivity index (χ3v) is 4.12. The minimum absolute atomic E-state index is 0.310. The number of hydrogen-bond acceptors (Lipinski definition) is 4. The number of amides is 2. The Bertz CT molecular complexity index is 757. The number of anilines is 1. The van der Waals surface area contributed by atoms with E-state index in [2.05, 4.69) is 15.4 Å². The Morgan fingerprint density at radius 2 is 1.84 bits per heavy atom. The summed E-state index contributed by atoms with van der Waals surface area (Å²) in [4.78, 5) is 24.3. The third kappa shape index (κ3) is 5.46. The Hall–Kier alpha value is -2.61. The monoisotopic (exact) mass is 366 g/mol. The van der Waals surface area contributed by atoms with Gasteiger partial charge in [0.2, 0.25) is 0 Å². The maximum Gasteiger partial charge on any atom is 0.340 e. The lowest BCUT2D eigenvalue weighted by atomic mass is 10.2. The molecule has 0 spiro atoms. The van der Waals surface area contributed by atoms with Gasteiger partial charge in [0.25, 0.3) is 0 Å². The number of hydrogen-bond donors (Lipinski definition) is 2. The number of carbonyl (C=O) groups is 2. The van der Waals surface area contributed by atoms with E-state index in [0.717, 1.165) is 18.1 Å². The van der Waals surface area contributed by atoms with Gasteiger partial charge >= 0.3 is 12.0 Å². The topological polar surface area (TPSA) is 67.4 Å². The Morgan fingerprint density at radius 3 is 2.52 bits per heavy atom. The van der Waals surface area contributed by atoms with E-state index in [1.807, 2.05) is 30.3 Å². The summed E-state index contributed by atoms with van der Waals surface area (Å²) >= 11 is 1.56. The molecular weight excluding hydrogens is 350 g/mol. The summed E-state index contributed by atoms with van der Waals surface area (Å²) in [5.41, 5.74) is -0.770. The number of methoxy groups -OCH3 is 1. The molecule has 2 amide bonds. The van der Waals surface area contributed by atoms with Crippen molar-refractivity contribution in [1.29, 1.82) is 0 Å². The number of thioether (sulfide) groups is 1. The maximum absolute atomic E-state index is 13.7. The molecule has 0 unspecified atom stereocenters. The number of urea groups is 1. The van der Waals surface area contributed by atoms with Crippen molar-refractivity contribution < 1.29 is 23.1 Å². The first-order chi connectivity index (χ1) is 12.0. The molecule has 0 aromatic heterocycles. The van der Waals surface area contributed by atoms with E-state index in [0.29, 0.717) is 18.4 Å². The maximum atomic E-state index is 13.7. The molecule has 0 fully saturated rings. The van der Waals surface area contributed by atoms with Crippen molar-refractivity contribution in [2.75, 3.05) is 24.7 Å². The molecule has 2 rings (SSSR count). The highest BCUT2D eigenvalue weighted by atomic mass is 32.2. The summed E-state index contributed by atoms with van der Waals surface area (Å²) in [5.74, 6) is -2.38. The Labute approximate surface area is 147 Å². The van der Waals surface area contributed by atoms with E-state index in [-0.39, 0.29) is 5.69 Å². The number of rotatable bonds is 6. The van der Waals surface area contributed by atoms with E-state index in [9.17, 15) is 18.4 Å². The lowest BCUT2D eigenvalue weighted by Crippen LogP contribution is -2.31. The quantitative estimate of drug-likeness (QED) is 0.465. The molecule has 8 heteroatoms. The average Bonchev–Trinajstić information content (AvgIpc) is 2.61. The van der Waals surface area contributed by atoms with E-state index >= 15 is 0 Å². The normalized spacial score (nSPS) is 10.2. The first-order valence-electron chi connectivity index (χ1n) is 7.31. The van der Waals surface area contributed by atoms with Crippen molar-refractivity contribution >= 4 is 29.4 Å². The van der Waals surface area contributed by atoms with E-state index in [1.54, 1.807) is 11.8 Å². The molecule has 0 aliphatic carbocycles. The summed E-state index contributed by atoms with van der Waals surface area (Å²) in [6.07, 6.45) is 0. The molecule has 0 aliphatic heterocycles. The van der Waals surface area contributed by atoms with Crippen LogP contribution in [0.5, 0.6) is 0 Å². The number of ether oxygens (including phenoxy) is 1. The molecule has 2 N–H and O–H groups in total. The van der Waals surface area contributed by atoms with Gasteiger partial charge in [-0.15, -0.1) is 11.8 Å². The van der Waals surface area contributed by atoms with Gasteiger partial charge in [0, 0.05) is 23.3 Å². The zero-order valence-corrected chi connectivity index (χ0v) is 14.2. The summed E-state index contributed by atoms with van der Waals surface area (Å²) in [6.45, 7) is 0.345. The van der Waals surface area contributed by atoms with Gasteiger partial charge in [0.05, 0.1) is 18.4 Å². The van der Waals surface area contributed by atoms with Crippen molar-refractivity contribution in [3.8, 4) is 0 Å². The summed E-state index contributed by atoms with van der Waals surface area (Å²) in [7, 11) is 1.08. The molecule has 2 aromatic carbocycles. The van der Waals surface area contributed by atoms with E-state index in [1.165, 1.54) is 0 Å². The lowest BCUT2D eigenvalue weighted by molar-refractivity contribution is 0.0595. The largest absolute Gasteiger partial charge is 0.465 e. The highest BCUT2D eigenvalue weighted by Crippen LogP contribution is 2.20. The molecule has 132 valence electrons. The first-order valence-corrected chi connectivity index (χ1v) is 8.30. The molecule has 0 aliphatic rings. The van der Waals surface area contributed by atoms with Crippen LogP contribution in [0.4, 0.5) is 19.3 Å². The number of nitrogens with one attached hydrogen (secondary N) is 2. The second-order valence-electron chi connectivity index (χ2n) is 4.85. The van der Waals surface area contributed by atoms with Gasteiger partial charge in [-0.2, -0.15) is 0 Å². The third-order valence-electron chi connectivity index (χ3n) is 3.11. The average molecular weight is 366 g/mol. The van der Waals surface area contributed by atoms with Crippen molar-refractivity contribution in [2.45, 2.75) is 4.90 Å². The van der Waals surface area contributed by atoms with Crippen LogP contribution in [0.1, 0.15) is 10.4 Å². The summed E-state index contributed by atoms with van der Waals surface area (Å²) in [5, 5.41) is 4.81. The second kappa shape index (κ2) is 9.03. The summed E-state index contributed by atoms with van der Waals surface area (Å²) in [6, 6.07) is 10.4. The number of esters is 1. The van der Waals surface area contributed by atoms with Gasteiger partial charge in [-0.05, 0) is 18.2 Å². The van der Waals surface area contributed by atoms with Crippen LogP contribution < -0.4 is 10.6 Å². The predicted molar refractivity (Wildman–Crippen MR) is 91.9 cm³/mol. The Kier molecular flexibility index (Phi) is 6.76. The van der Waals surface area contributed by atoms with Crippen LogP contribution in [-0.2, 0) is 4.74 Å². The predicted octanol–water partition coefficient (Wildman–Crippen LogP) is 3.67. The van der Waals surface area contributed by atoms with Crippen LogP contribution >= 0.6 is 11.8 Å². The number of carbonyl (C=O) groups excluding carboxylic acids is 2. The highest BCUT2D eigenvalue weighted by Gasteiger charge is 2.17. The molecule has 0 bridgehead atoms. The lowest BCUT2D eigenvalue weighted by Gasteiger charge is -2.10. The van der Waals surface area contributed by atoms with Crippen LogP contribution in [0.25, 0.3) is 0 Å².